The lowest BCUT2D eigenvalue weighted by Crippen LogP contribution is -2.56. The van der Waals surface area contributed by atoms with E-state index in [0.717, 1.165) is 31.9 Å². The highest BCUT2D eigenvalue weighted by Crippen LogP contribution is 2.32. The molecule has 4 N–H and O–H groups in total. The Morgan fingerprint density at radius 1 is 0.864 bits per heavy atom. The number of amides is 4. The smallest absolute Gasteiger partial charge is 0.414 e. The molecule has 5 heterocycles. The van der Waals surface area contributed by atoms with Crippen molar-refractivity contribution in [2.75, 3.05) is 59.8 Å². The molecule has 8 rings (SSSR count). The van der Waals surface area contributed by atoms with Gasteiger partial charge in [-0.25, -0.2) is 27.9 Å². The monoisotopic (exact) mass is 817 g/mol. The van der Waals surface area contributed by atoms with Crippen molar-refractivity contribution in [1.29, 1.82) is 0 Å². The molecule has 0 bridgehead atoms. The molecule has 314 valence electrons. The third-order valence-electron chi connectivity index (χ3n) is 12.3. The van der Waals surface area contributed by atoms with E-state index in [4.69, 9.17) is 4.74 Å². The molecule has 59 heavy (non-hydrogen) atoms. The average Bonchev–Trinajstić information content (AvgIpc) is 3.23. The Labute approximate surface area is 340 Å². The summed E-state index contributed by atoms with van der Waals surface area (Å²) in [4.78, 5) is 63.2. The summed E-state index contributed by atoms with van der Waals surface area (Å²) in [5.74, 6) is -1.63. The van der Waals surface area contributed by atoms with E-state index in [2.05, 4.69) is 36.1 Å². The van der Waals surface area contributed by atoms with Gasteiger partial charge in [-0.2, -0.15) is 0 Å². The number of aromatic nitrogens is 2. The topological polar surface area (TPSA) is 161 Å². The number of likely N-dealkylation sites (tertiary alicyclic amines) is 1. The number of alkyl halides is 1. The van der Waals surface area contributed by atoms with Gasteiger partial charge in [-0.05, 0) is 88.1 Å². The van der Waals surface area contributed by atoms with E-state index in [1.54, 1.807) is 41.3 Å². The Balaban J connectivity index is 0.766. The van der Waals surface area contributed by atoms with Gasteiger partial charge >= 0.3 is 6.09 Å². The number of anilines is 4. The van der Waals surface area contributed by atoms with Crippen LogP contribution in [0.2, 0.25) is 0 Å². The van der Waals surface area contributed by atoms with E-state index in [9.17, 15) is 23.6 Å². The second-order valence-corrected chi connectivity index (χ2v) is 16.2. The number of hydrogen-bond acceptors (Lipinski definition) is 11. The van der Waals surface area contributed by atoms with E-state index in [1.807, 2.05) is 0 Å². The molecule has 1 aliphatic carbocycles. The minimum atomic E-state index is -1.18. The number of cyclic esters (lactones) is 1. The Bertz CT molecular complexity index is 2040. The van der Waals surface area contributed by atoms with Crippen molar-refractivity contribution in [1.82, 2.24) is 25.5 Å². The third kappa shape index (κ3) is 9.40. The zero-order valence-corrected chi connectivity index (χ0v) is 32.8. The van der Waals surface area contributed by atoms with Gasteiger partial charge in [-0.15, -0.1) is 0 Å². The summed E-state index contributed by atoms with van der Waals surface area (Å²) in [6.45, 7) is 2.79. The predicted octanol–water partition coefficient (Wildman–Crippen LogP) is 5.15. The van der Waals surface area contributed by atoms with Crippen molar-refractivity contribution >= 4 is 46.8 Å². The Hall–Kier alpha value is -5.45. The Kier molecular flexibility index (Phi) is 12.2. The van der Waals surface area contributed by atoms with E-state index in [1.165, 1.54) is 11.0 Å². The molecular weight excluding hydrogens is 768 g/mol. The van der Waals surface area contributed by atoms with Gasteiger partial charge in [-0.1, -0.05) is 12.1 Å². The van der Waals surface area contributed by atoms with Crippen LogP contribution in [-0.2, 0) is 19.1 Å². The van der Waals surface area contributed by atoms with Gasteiger partial charge in [0.1, 0.15) is 23.7 Å². The first-order valence-electron chi connectivity index (χ1n) is 20.7. The number of imide groups is 1. The average molecular weight is 818 g/mol. The molecule has 5 fully saturated rings. The van der Waals surface area contributed by atoms with Crippen molar-refractivity contribution in [3.63, 3.8) is 0 Å². The van der Waals surface area contributed by atoms with Crippen LogP contribution in [0.25, 0.3) is 11.3 Å². The second kappa shape index (κ2) is 17.8. The van der Waals surface area contributed by atoms with Crippen LogP contribution in [0.1, 0.15) is 64.2 Å². The first kappa shape index (κ1) is 40.3. The summed E-state index contributed by atoms with van der Waals surface area (Å²) in [6, 6.07) is 10.7. The molecule has 1 aromatic heterocycles. The van der Waals surface area contributed by atoms with Crippen molar-refractivity contribution in [2.45, 2.75) is 94.5 Å². The van der Waals surface area contributed by atoms with Crippen LogP contribution in [0.5, 0.6) is 0 Å². The molecule has 14 nitrogen and oxygen atoms in total. The molecule has 0 spiro atoms. The van der Waals surface area contributed by atoms with Gasteiger partial charge in [0, 0.05) is 73.6 Å². The quantitative estimate of drug-likeness (QED) is 0.200. The van der Waals surface area contributed by atoms with Crippen LogP contribution in [-0.4, -0.2) is 108 Å². The predicted molar refractivity (Wildman–Crippen MR) is 215 cm³/mol. The lowest BCUT2D eigenvalue weighted by atomic mass is 9.85. The number of rotatable bonds is 10. The van der Waals surface area contributed by atoms with Crippen molar-refractivity contribution in [3.05, 3.63) is 60.3 Å². The highest BCUT2D eigenvalue weighted by atomic mass is 19.1. The van der Waals surface area contributed by atoms with Crippen LogP contribution < -0.4 is 31.1 Å². The second-order valence-electron chi connectivity index (χ2n) is 16.2. The highest BCUT2D eigenvalue weighted by Gasteiger charge is 2.37. The number of carbonyl (C=O) groups excluding carboxylic acids is 4. The molecule has 0 radical (unpaired) electrons. The van der Waals surface area contributed by atoms with Crippen molar-refractivity contribution in [2.24, 2.45) is 5.92 Å². The number of ether oxygens (including phenoxy) is 1. The van der Waals surface area contributed by atoms with Gasteiger partial charge in [0.05, 0.1) is 25.0 Å². The lowest BCUT2D eigenvalue weighted by molar-refractivity contribution is -0.133. The molecule has 17 heteroatoms. The van der Waals surface area contributed by atoms with Gasteiger partial charge in [0.15, 0.2) is 5.82 Å². The molecule has 5 aliphatic rings. The SMILES string of the molecule is O=C1CCC(Nc2ccc(N3CCC(N4CCC(NC(=O)C5CCC(Nc6ncc(F)c(-c7cccc(N8CCCOC8=O)c7)n6)CC5)CC4)C(F)C3)c(F)c2)C(=O)N1. The maximum absolute atomic E-state index is 15.7. The van der Waals surface area contributed by atoms with Gasteiger partial charge < -0.3 is 25.6 Å². The lowest BCUT2D eigenvalue weighted by Gasteiger charge is -2.44. The molecule has 4 aliphatic heterocycles. The number of halogens is 3. The van der Waals surface area contributed by atoms with Crippen LogP contribution in [0, 0.1) is 17.6 Å². The van der Waals surface area contributed by atoms with E-state index in [-0.39, 0.29) is 54.5 Å². The summed E-state index contributed by atoms with van der Waals surface area (Å²) >= 11 is 0. The normalized spacial score (nSPS) is 25.9. The minimum Gasteiger partial charge on any atom is -0.449 e. The van der Waals surface area contributed by atoms with Crippen LogP contribution in [0.4, 0.5) is 41.0 Å². The van der Waals surface area contributed by atoms with E-state index >= 15 is 8.78 Å². The fourth-order valence-corrected chi connectivity index (χ4v) is 9.03. The summed E-state index contributed by atoms with van der Waals surface area (Å²) in [5.41, 5.74) is 1.98. The third-order valence-corrected chi connectivity index (χ3v) is 12.3. The van der Waals surface area contributed by atoms with Crippen molar-refractivity contribution in [3.8, 4) is 11.3 Å². The summed E-state index contributed by atoms with van der Waals surface area (Å²) in [5, 5.41) is 11.8. The maximum atomic E-state index is 15.7. The molecule has 4 amide bonds. The number of carbonyl (C=O) groups is 4. The standard InChI is InChI=1S/C42H50F3N9O5/c43-31-22-29(47-34-10-12-37(55)50-40(34)57)9-11-35(31)53-19-15-36(33(45)24-53)52-17-13-28(14-18-52)48-39(56)25-5-7-27(8-6-25)49-41-46-23-32(44)38(51-41)26-3-1-4-30(21-26)54-16-2-20-59-42(54)58/h1,3-4,9,11,21-23,25,27-28,33-34,36,47H,2,5-8,10,12-20,24H2,(H,48,56)(H,46,49,51)(H,50,55,57). The molecule has 2 aromatic carbocycles. The van der Waals surface area contributed by atoms with E-state index in [0.29, 0.717) is 93.5 Å². The van der Waals surface area contributed by atoms with Crippen LogP contribution >= 0.6 is 0 Å². The summed E-state index contributed by atoms with van der Waals surface area (Å²) in [7, 11) is 0. The summed E-state index contributed by atoms with van der Waals surface area (Å²) < 4.78 is 51.0. The Morgan fingerprint density at radius 3 is 2.42 bits per heavy atom. The summed E-state index contributed by atoms with van der Waals surface area (Å²) in [6.07, 6.45) is 5.59. The number of nitrogens with one attached hydrogen (secondary N) is 4. The molecule has 1 saturated carbocycles. The Morgan fingerprint density at radius 2 is 1.68 bits per heavy atom. The number of nitrogens with zero attached hydrogens (tertiary/aromatic N) is 5. The maximum Gasteiger partial charge on any atom is 0.414 e. The highest BCUT2D eigenvalue weighted by molar-refractivity contribution is 6.01. The van der Waals surface area contributed by atoms with Crippen LogP contribution in [0.3, 0.4) is 0 Å². The first-order valence-corrected chi connectivity index (χ1v) is 20.7. The molecule has 3 unspecified atom stereocenters. The number of piperidine rings is 3. The van der Waals surface area contributed by atoms with Crippen molar-refractivity contribution < 1.29 is 37.1 Å². The molecular formula is C42H50F3N9O5. The fraction of sp³-hybridized carbons (Fsp3) is 0.524. The minimum absolute atomic E-state index is 0.0132. The number of benzene rings is 2. The van der Waals surface area contributed by atoms with Gasteiger partial charge in [-0.3, -0.25) is 29.5 Å². The molecule has 3 aromatic rings. The first-order chi connectivity index (χ1) is 28.6. The number of hydrogen-bond donors (Lipinski definition) is 4. The van der Waals surface area contributed by atoms with E-state index < -0.39 is 35.8 Å². The van der Waals surface area contributed by atoms with Crippen LogP contribution in [0.15, 0.2) is 48.7 Å². The van der Waals surface area contributed by atoms with Gasteiger partial charge in [0.25, 0.3) is 0 Å². The van der Waals surface area contributed by atoms with Gasteiger partial charge in [0.2, 0.25) is 23.7 Å². The largest absolute Gasteiger partial charge is 0.449 e. The zero-order valence-electron chi connectivity index (χ0n) is 32.8. The fourth-order valence-electron chi connectivity index (χ4n) is 9.03. The molecule has 3 atom stereocenters. The molecule has 4 saturated heterocycles. The zero-order chi connectivity index (χ0) is 41.0.